The van der Waals surface area contributed by atoms with Crippen LogP contribution in [0.1, 0.15) is 38.1 Å². The SMILES string of the molecule is CCOC(=O)c1c(NC(=O)c2cc(-c3ccco3)nc3ccccc23)sc(C)c1C. The lowest BCUT2D eigenvalue weighted by atomic mass is 10.1. The van der Waals surface area contributed by atoms with Crippen LogP contribution in [0.2, 0.25) is 0 Å². The first kappa shape index (κ1) is 19.8. The molecule has 3 aromatic heterocycles. The molecule has 3 heterocycles. The summed E-state index contributed by atoms with van der Waals surface area (Å²) in [7, 11) is 0. The molecule has 0 unspecified atom stereocenters. The second kappa shape index (κ2) is 8.12. The molecule has 152 valence electrons. The highest BCUT2D eigenvalue weighted by Gasteiger charge is 2.23. The molecule has 0 saturated carbocycles. The highest BCUT2D eigenvalue weighted by Crippen LogP contribution is 2.34. The predicted molar refractivity (Wildman–Crippen MR) is 117 cm³/mol. The van der Waals surface area contributed by atoms with Gasteiger partial charge >= 0.3 is 5.97 Å². The van der Waals surface area contributed by atoms with Crippen LogP contribution in [0.5, 0.6) is 0 Å². The number of aromatic nitrogens is 1. The van der Waals surface area contributed by atoms with Crippen LogP contribution in [0.4, 0.5) is 5.00 Å². The van der Waals surface area contributed by atoms with Gasteiger partial charge in [0.2, 0.25) is 0 Å². The molecular formula is C23H20N2O4S. The van der Waals surface area contributed by atoms with Gasteiger partial charge in [-0.1, -0.05) is 18.2 Å². The van der Waals surface area contributed by atoms with Crippen LogP contribution in [-0.2, 0) is 4.74 Å². The zero-order valence-electron chi connectivity index (χ0n) is 16.8. The number of hydrogen-bond donors (Lipinski definition) is 1. The Morgan fingerprint density at radius 1 is 1.17 bits per heavy atom. The molecule has 0 fully saturated rings. The fourth-order valence-electron chi connectivity index (χ4n) is 3.25. The van der Waals surface area contributed by atoms with Crippen molar-refractivity contribution in [3.63, 3.8) is 0 Å². The number of thiophene rings is 1. The van der Waals surface area contributed by atoms with Gasteiger partial charge in [0.25, 0.3) is 5.91 Å². The van der Waals surface area contributed by atoms with E-state index in [0.29, 0.717) is 38.5 Å². The molecule has 0 atom stereocenters. The molecule has 0 aliphatic heterocycles. The average Bonchev–Trinajstić information content (AvgIpc) is 3.36. The molecule has 0 bridgehead atoms. The van der Waals surface area contributed by atoms with E-state index in [4.69, 9.17) is 9.15 Å². The fraction of sp³-hybridized carbons (Fsp3) is 0.174. The number of carbonyl (C=O) groups excluding carboxylic acids is 2. The lowest BCUT2D eigenvalue weighted by molar-refractivity contribution is 0.0527. The van der Waals surface area contributed by atoms with Gasteiger partial charge in [0.05, 0.1) is 29.5 Å². The van der Waals surface area contributed by atoms with E-state index < -0.39 is 5.97 Å². The normalized spacial score (nSPS) is 10.9. The molecule has 1 amide bonds. The van der Waals surface area contributed by atoms with Crippen molar-refractivity contribution < 1.29 is 18.7 Å². The molecule has 0 aliphatic rings. The maximum absolute atomic E-state index is 13.3. The summed E-state index contributed by atoms with van der Waals surface area (Å²) in [5.74, 6) is -0.191. The summed E-state index contributed by atoms with van der Waals surface area (Å²) in [6.07, 6.45) is 1.56. The highest BCUT2D eigenvalue weighted by atomic mass is 32.1. The molecule has 6 nitrogen and oxygen atoms in total. The van der Waals surface area contributed by atoms with E-state index in [0.717, 1.165) is 10.4 Å². The van der Waals surface area contributed by atoms with Gasteiger partial charge in [-0.25, -0.2) is 9.78 Å². The number of rotatable bonds is 5. The quantitative estimate of drug-likeness (QED) is 0.425. The van der Waals surface area contributed by atoms with Crippen molar-refractivity contribution in [3.05, 3.63) is 70.3 Å². The Hall–Kier alpha value is -3.45. The molecule has 7 heteroatoms. The number of pyridine rings is 1. The number of para-hydroxylation sites is 1. The summed E-state index contributed by atoms with van der Waals surface area (Å²) in [6, 6.07) is 12.7. The zero-order valence-corrected chi connectivity index (χ0v) is 17.6. The van der Waals surface area contributed by atoms with Crippen molar-refractivity contribution in [2.75, 3.05) is 11.9 Å². The minimum absolute atomic E-state index is 0.266. The number of nitrogens with one attached hydrogen (secondary N) is 1. The summed E-state index contributed by atoms with van der Waals surface area (Å²) in [6.45, 7) is 5.78. The van der Waals surface area contributed by atoms with Gasteiger partial charge < -0.3 is 14.5 Å². The number of anilines is 1. The molecule has 4 rings (SSSR count). The van der Waals surface area contributed by atoms with E-state index >= 15 is 0 Å². The highest BCUT2D eigenvalue weighted by molar-refractivity contribution is 7.16. The van der Waals surface area contributed by atoms with Gasteiger partial charge in [-0.3, -0.25) is 4.79 Å². The summed E-state index contributed by atoms with van der Waals surface area (Å²) < 4.78 is 10.6. The monoisotopic (exact) mass is 420 g/mol. The molecule has 0 radical (unpaired) electrons. The first-order chi connectivity index (χ1) is 14.5. The van der Waals surface area contributed by atoms with Crippen molar-refractivity contribution >= 4 is 39.1 Å². The molecule has 0 spiro atoms. The Bertz CT molecular complexity index is 1240. The van der Waals surface area contributed by atoms with E-state index in [1.165, 1.54) is 11.3 Å². The van der Waals surface area contributed by atoms with E-state index in [2.05, 4.69) is 10.3 Å². The van der Waals surface area contributed by atoms with Crippen molar-refractivity contribution in [2.45, 2.75) is 20.8 Å². The number of esters is 1. The Morgan fingerprint density at radius 3 is 2.70 bits per heavy atom. The van der Waals surface area contributed by atoms with Crippen LogP contribution < -0.4 is 5.32 Å². The molecule has 0 aliphatic carbocycles. The molecule has 1 aromatic carbocycles. The second-order valence-electron chi connectivity index (χ2n) is 6.71. The molecular weight excluding hydrogens is 400 g/mol. The summed E-state index contributed by atoms with van der Waals surface area (Å²) >= 11 is 1.36. The van der Waals surface area contributed by atoms with Crippen LogP contribution in [-0.4, -0.2) is 23.5 Å². The smallest absolute Gasteiger partial charge is 0.341 e. The molecule has 1 N–H and O–H groups in total. The number of aryl methyl sites for hydroxylation is 1. The Morgan fingerprint density at radius 2 is 1.97 bits per heavy atom. The van der Waals surface area contributed by atoms with Crippen molar-refractivity contribution in [2.24, 2.45) is 0 Å². The fourth-order valence-corrected chi connectivity index (χ4v) is 4.29. The molecule has 30 heavy (non-hydrogen) atoms. The van der Waals surface area contributed by atoms with Crippen molar-refractivity contribution in [1.29, 1.82) is 0 Å². The number of ether oxygens (including phenoxy) is 1. The first-order valence-corrected chi connectivity index (χ1v) is 10.3. The number of carbonyl (C=O) groups is 2. The van der Waals surface area contributed by atoms with Crippen molar-refractivity contribution in [1.82, 2.24) is 4.98 Å². The van der Waals surface area contributed by atoms with Gasteiger partial charge in [0.1, 0.15) is 10.7 Å². The van der Waals surface area contributed by atoms with Crippen LogP contribution in [0, 0.1) is 13.8 Å². The lowest BCUT2D eigenvalue weighted by Crippen LogP contribution is -2.15. The third kappa shape index (κ3) is 3.59. The third-order valence-electron chi connectivity index (χ3n) is 4.83. The van der Waals surface area contributed by atoms with Crippen LogP contribution >= 0.6 is 11.3 Å². The predicted octanol–water partition coefficient (Wildman–Crippen LogP) is 5.60. The van der Waals surface area contributed by atoms with Gasteiger partial charge in [-0.2, -0.15) is 0 Å². The Labute approximate surface area is 177 Å². The maximum atomic E-state index is 13.3. The first-order valence-electron chi connectivity index (χ1n) is 9.51. The zero-order chi connectivity index (χ0) is 21.3. The van der Waals surface area contributed by atoms with Gasteiger partial charge in [0, 0.05) is 10.3 Å². The minimum Gasteiger partial charge on any atom is -0.463 e. The number of hydrogen-bond acceptors (Lipinski definition) is 6. The third-order valence-corrected chi connectivity index (χ3v) is 5.95. The topological polar surface area (TPSA) is 81.4 Å². The summed E-state index contributed by atoms with van der Waals surface area (Å²) in [4.78, 5) is 31.3. The largest absolute Gasteiger partial charge is 0.463 e. The van der Waals surface area contributed by atoms with Gasteiger partial charge in [-0.15, -0.1) is 11.3 Å². The van der Waals surface area contributed by atoms with E-state index in [9.17, 15) is 9.59 Å². The maximum Gasteiger partial charge on any atom is 0.341 e. The number of amides is 1. The van der Waals surface area contributed by atoms with Crippen LogP contribution in [0.3, 0.4) is 0 Å². The Kier molecular flexibility index (Phi) is 5.37. The number of fused-ring (bicyclic) bond motifs is 1. The number of furan rings is 1. The number of benzene rings is 1. The van der Waals surface area contributed by atoms with Crippen LogP contribution in [0.25, 0.3) is 22.4 Å². The van der Waals surface area contributed by atoms with Gasteiger partial charge in [0.15, 0.2) is 5.76 Å². The van der Waals surface area contributed by atoms with Gasteiger partial charge in [-0.05, 0) is 50.6 Å². The molecule has 0 saturated heterocycles. The number of nitrogens with zero attached hydrogens (tertiary/aromatic N) is 1. The van der Waals surface area contributed by atoms with E-state index in [1.807, 2.05) is 38.1 Å². The molecule has 4 aromatic rings. The Balaban J connectivity index is 1.78. The van der Waals surface area contributed by atoms with Crippen LogP contribution in [0.15, 0.2) is 53.1 Å². The van der Waals surface area contributed by atoms with E-state index in [-0.39, 0.29) is 12.5 Å². The van der Waals surface area contributed by atoms with E-state index in [1.54, 1.807) is 31.4 Å². The lowest BCUT2D eigenvalue weighted by Gasteiger charge is -2.10. The standard InChI is InChI=1S/C23H20N2O4S/c1-4-28-23(27)20-13(2)14(3)30-22(20)25-21(26)16-12-18(19-10-7-11-29-19)24-17-9-6-5-8-15(16)17/h5-12H,4H2,1-3H3,(H,25,26). The summed E-state index contributed by atoms with van der Waals surface area (Å²) in [5.41, 5.74) is 2.90. The second-order valence-corrected chi connectivity index (χ2v) is 7.94. The minimum atomic E-state index is -0.439. The van der Waals surface area contributed by atoms with Crippen molar-refractivity contribution in [3.8, 4) is 11.5 Å². The average molecular weight is 420 g/mol. The summed E-state index contributed by atoms with van der Waals surface area (Å²) in [5, 5.41) is 4.11.